The molecule has 0 aliphatic rings. The van der Waals surface area contributed by atoms with E-state index in [2.05, 4.69) is 26.0 Å². The molecule has 1 N–H and O–H groups in total. The summed E-state index contributed by atoms with van der Waals surface area (Å²) in [7, 11) is 0. The summed E-state index contributed by atoms with van der Waals surface area (Å²) in [6.07, 6.45) is 35.4. The summed E-state index contributed by atoms with van der Waals surface area (Å²) in [5, 5.41) is 8.76. The Kier molecular flexibility index (Phi) is 29.2. The second-order valence-corrected chi connectivity index (χ2v) is 11.3. The molecule has 0 spiro atoms. The number of rotatable bonds is 30. The molecule has 0 heterocycles. The molecule has 0 aliphatic heterocycles. The zero-order valence-corrected chi connectivity index (χ0v) is 25.5. The van der Waals surface area contributed by atoms with E-state index in [1.165, 1.54) is 103 Å². The van der Waals surface area contributed by atoms with Crippen molar-refractivity contribution in [2.75, 3.05) is 0 Å². The van der Waals surface area contributed by atoms with Gasteiger partial charge in [-0.3, -0.25) is 9.59 Å². The third-order valence-corrected chi connectivity index (χ3v) is 7.49. The molecule has 1 unspecified atom stereocenters. The molecule has 0 amide bonds. The smallest absolute Gasteiger partial charge is 0.306 e. The van der Waals surface area contributed by atoms with Crippen molar-refractivity contribution in [1.82, 2.24) is 0 Å². The van der Waals surface area contributed by atoms with Crippen LogP contribution in [0.15, 0.2) is 12.2 Å². The SMILES string of the molecule is CCCCCCCC/C=C\CCCCCCCCCCCC(=O)OC(CCCCC)CCCCCC(=O)O. The maximum Gasteiger partial charge on any atom is 0.306 e. The van der Waals surface area contributed by atoms with Gasteiger partial charge in [-0.25, -0.2) is 0 Å². The lowest BCUT2D eigenvalue weighted by molar-refractivity contribution is -0.150. The van der Waals surface area contributed by atoms with Crippen molar-refractivity contribution < 1.29 is 19.4 Å². The molecule has 0 aliphatic carbocycles. The highest BCUT2D eigenvalue weighted by atomic mass is 16.5. The van der Waals surface area contributed by atoms with Gasteiger partial charge in [0.05, 0.1) is 0 Å². The summed E-state index contributed by atoms with van der Waals surface area (Å²) in [6, 6.07) is 0. The lowest BCUT2D eigenvalue weighted by Gasteiger charge is -2.18. The van der Waals surface area contributed by atoms with E-state index in [9.17, 15) is 9.59 Å². The first-order chi connectivity index (χ1) is 18.6. The average Bonchev–Trinajstić information content (AvgIpc) is 2.89. The van der Waals surface area contributed by atoms with Crippen LogP contribution >= 0.6 is 0 Å². The fraction of sp³-hybridized carbons (Fsp3) is 0.882. The average molecular weight is 537 g/mol. The maximum atomic E-state index is 12.3. The Balaban J connectivity index is 3.61. The molecule has 0 aromatic heterocycles. The van der Waals surface area contributed by atoms with Crippen LogP contribution in [-0.4, -0.2) is 23.1 Å². The van der Waals surface area contributed by atoms with Crippen LogP contribution < -0.4 is 0 Å². The maximum absolute atomic E-state index is 12.3. The summed E-state index contributed by atoms with van der Waals surface area (Å²) < 4.78 is 5.80. The van der Waals surface area contributed by atoms with Crippen molar-refractivity contribution in [3.8, 4) is 0 Å². The molecule has 0 rings (SSSR count). The van der Waals surface area contributed by atoms with Gasteiger partial charge in [-0.1, -0.05) is 122 Å². The van der Waals surface area contributed by atoms with Gasteiger partial charge in [0, 0.05) is 12.8 Å². The lowest BCUT2D eigenvalue weighted by Crippen LogP contribution is -2.18. The highest BCUT2D eigenvalue weighted by molar-refractivity contribution is 5.69. The van der Waals surface area contributed by atoms with Crippen LogP contribution in [-0.2, 0) is 14.3 Å². The Morgan fingerprint density at radius 1 is 0.553 bits per heavy atom. The number of ether oxygens (including phenoxy) is 1. The molecule has 4 nitrogen and oxygen atoms in total. The van der Waals surface area contributed by atoms with Crippen LogP contribution in [0, 0.1) is 0 Å². The van der Waals surface area contributed by atoms with Crippen molar-refractivity contribution in [3.63, 3.8) is 0 Å². The zero-order valence-electron chi connectivity index (χ0n) is 25.5. The molecular formula is C34H64O4. The van der Waals surface area contributed by atoms with Gasteiger partial charge < -0.3 is 9.84 Å². The van der Waals surface area contributed by atoms with Gasteiger partial charge in [0.15, 0.2) is 0 Å². The molecule has 38 heavy (non-hydrogen) atoms. The highest BCUT2D eigenvalue weighted by Crippen LogP contribution is 2.17. The molecule has 0 aromatic rings. The molecular weight excluding hydrogens is 472 g/mol. The van der Waals surface area contributed by atoms with Crippen molar-refractivity contribution >= 4 is 11.9 Å². The Morgan fingerprint density at radius 2 is 0.947 bits per heavy atom. The predicted molar refractivity (Wildman–Crippen MR) is 163 cm³/mol. The largest absolute Gasteiger partial charge is 0.481 e. The second-order valence-electron chi connectivity index (χ2n) is 11.3. The third-order valence-electron chi connectivity index (χ3n) is 7.49. The van der Waals surface area contributed by atoms with Gasteiger partial charge in [0.25, 0.3) is 0 Å². The predicted octanol–water partition coefficient (Wildman–Crippen LogP) is 11.1. The quantitative estimate of drug-likeness (QED) is 0.0563. The molecule has 224 valence electrons. The number of esters is 1. The minimum atomic E-state index is -0.729. The summed E-state index contributed by atoms with van der Waals surface area (Å²) in [4.78, 5) is 23.0. The standard InChI is InChI=1S/C34H64O4/c1-3-5-7-8-9-10-11-12-13-14-15-16-17-18-19-20-21-22-27-31-34(37)38-32(28-24-6-4-2)29-25-23-26-30-33(35)36/h12-13,32H,3-11,14-31H2,1-2H3,(H,35,36)/b13-12-. The minimum Gasteiger partial charge on any atom is -0.481 e. The van der Waals surface area contributed by atoms with Gasteiger partial charge in [-0.15, -0.1) is 0 Å². The topological polar surface area (TPSA) is 63.6 Å². The van der Waals surface area contributed by atoms with E-state index in [0.29, 0.717) is 12.8 Å². The van der Waals surface area contributed by atoms with E-state index in [-0.39, 0.29) is 18.5 Å². The van der Waals surface area contributed by atoms with Crippen molar-refractivity contribution in [3.05, 3.63) is 12.2 Å². The second kappa shape index (κ2) is 30.2. The number of carbonyl (C=O) groups excluding carboxylic acids is 1. The van der Waals surface area contributed by atoms with Crippen LogP contribution in [0.4, 0.5) is 0 Å². The molecule has 0 radical (unpaired) electrons. The van der Waals surface area contributed by atoms with E-state index in [1.807, 2.05) is 0 Å². The lowest BCUT2D eigenvalue weighted by atomic mass is 10.0. The van der Waals surface area contributed by atoms with Crippen molar-refractivity contribution in [2.24, 2.45) is 0 Å². The summed E-state index contributed by atoms with van der Waals surface area (Å²) in [5.41, 5.74) is 0. The Labute approximate surface area is 236 Å². The monoisotopic (exact) mass is 536 g/mol. The third kappa shape index (κ3) is 29.2. The van der Waals surface area contributed by atoms with Crippen molar-refractivity contribution in [2.45, 2.75) is 193 Å². The first kappa shape index (κ1) is 36.7. The summed E-state index contributed by atoms with van der Waals surface area (Å²) >= 11 is 0. The van der Waals surface area contributed by atoms with E-state index >= 15 is 0 Å². The van der Waals surface area contributed by atoms with E-state index in [4.69, 9.17) is 9.84 Å². The van der Waals surface area contributed by atoms with E-state index in [0.717, 1.165) is 51.4 Å². The zero-order chi connectivity index (χ0) is 27.9. The number of allylic oxidation sites excluding steroid dienone is 2. The fourth-order valence-electron chi connectivity index (χ4n) is 5.00. The molecule has 0 bridgehead atoms. The number of aliphatic carboxylic acids is 1. The number of carboxylic acid groups (broad SMARTS) is 1. The van der Waals surface area contributed by atoms with Crippen LogP contribution in [0.3, 0.4) is 0 Å². The molecule has 0 aromatic carbocycles. The molecule has 0 fully saturated rings. The van der Waals surface area contributed by atoms with Crippen LogP contribution in [0.25, 0.3) is 0 Å². The molecule has 4 heteroatoms. The first-order valence-electron chi connectivity index (χ1n) is 16.7. The van der Waals surface area contributed by atoms with Gasteiger partial charge >= 0.3 is 11.9 Å². The number of hydrogen-bond donors (Lipinski definition) is 1. The number of carboxylic acids is 1. The minimum absolute atomic E-state index is 0.00897. The van der Waals surface area contributed by atoms with E-state index in [1.54, 1.807) is 0 Å². The van der Waals surface area contributed by atoms with Gasteiger partial charge in [-0.05, 0) is 64.2 Å². The van der Waals surface area contributed by atoms with Gasteiger partial charge in [0.1, 0.15) is 6.10 Å². The van der Waals surface area contributed by atoms with Crippen molar-refractivity contribution in [1.29, 1.82) is 0 Å². The Hall–Kier alpha value is -1.32. The molecule has 0 saturated carbocycles. The van der Waals surface area contributed by atoms with Crippen LogP contribution in [0.2, 0.25) is 0 Å². The highest BCUT2D eigenvalue weighted by Gasteiger charge is 2.14. The molecule has 0 saturated heterocycles. The van der Waals surface area contributed by atoms with Crippen LogP contribution in [0.1, 0.15) is 187 Å². The van der Waals surface area contributed by atoms with Gasteiger partial charge in [0.2, 0.25) is 0 Å². The number of carbonyl (C=O) groups is 2. The molecule has 1 atom stereocenters. The fourth-order valence-corrected chi connectivity index (χ4v) is 5.00. The van der Waals surface area contributed by atoms with E-state index < -0.39 is 5.97 Å². The Morgan fingerprint density at radius 3 is 1.47 bits per heavy atom. The summed E-state index contributed by atoms with van der Waals surface area (Å²) in [6.45, 7) is 4.46. The van der Waals surface area contributed by atoms with Crippen LogP contribution in [0.5, 0.6) is 0 Å². The Bertz CT molecular complexity index is 543. The first-order valence-corrected chi connectivity index (χ1v) is 16.7. The normalized spacial score (nSPS) is 12.3. The van der Waals surface area contributed by atoms with Gasteiger partial charge in [-0.2, -0.15) is 0 Å². The number of hydrogen-bond acceptors (Lipinski definition) is 3. The summed E-state index contributed by atoms with van der Waals surface area (Å²) in [5.74, 6) is -0.772. The number of unbranched alkanes of at least 4 members (excludes halogenated alkanes) is 19.